The van der Waals surface area contributed by atoms with Crippen LogP contribution < -0.4 is 5.32 Å². The summed E-state index contributed by atoms with van der Waals surface area (Å²) >= 11 is 0. The van der Waals surface area contributed by atoms with Gasteiger partial charge >= 0.3 is 12.0 Å². The van der Waals surface area contributed by atoms with Crippen LogP contribution in [0.3, 0.4) is 0 Å². The number of hydrogen-bond donors (Lipinski definition) is 2. The maximum Gasteiger partial charge on any atom is 0.334 e. The van der Waals surface area contributed by atoms with Crippen LogP contribution in [0.4, 0.5) is 4.79 Å². The number of aliphatic carboxylic acids is 1. The number of nitrogens with one attached hydrogen (secondary N) is 1. The number of nitrogens with zero attached hydrogens (tertiary/aromatic N) is 4. The zero-order valence-electron chi connectivity index (χ0n) is 20.2. The van der Waals surface area contributed by atoms with Gasteiger partial charge in [0.15, 0.2) is 0 Å². The molecule has 0 aromatic heterocycles. The van der Waals surface area contributed by atoms with Gasteiger partial charge in [-0.05, 0) is 24.0 Å². The molecule has 0 bridgehead atoms. The Labute approximate surface area is 210 Å². The summed E-state index contributed by atoms with van der Waals surface area (Å²) < 4.78 is 0. The highest BCUT2D eigenvalue weighted by Gasteiger charge is 2.51. The minimum atomic E-state index is -1.18. The monoisotopic (exact) mass is 493 g/mol. The number of hydrogen-bond acceptors (Lipinski definition) is 5. The van der Waals surface area contributed by atoms with Crippen molar-refractivity contribution in [3.05, 3.63) is 71.8 Å². The number of benzene rings is 2. The number of carboxylic acids is 1. The number of carbonyl (C=O) groups excluding carboxylic acids is 3. The van der Waals surface area contributed by atoms with Gasteiger partial charge in [-0.15, -0.1) is 0 Å². The molecule has 0 saturated carbocycles. The lowest BCUT2D eigenvalue weighted by atomic mass is 10.0. The summed E-state index contributed by atoms with van der Waals surface area (Å²) in [5, 5.41) is 15.3. The van der Waals surface area contributed by atoms with Crippen molar-refractivity contribution < 1.29 is 24.3 Å². The number of aryl methyl sites for hydroxylation is 1. The van der Waals surface area contributed by atoms with E-state index in [0.717, 1.165) is 17.5 Å². The lowest BCUT2D eigenvalue weighted by molar-refractivity contribution is -0.188. The highest BCUT2D eigenvalue weighted by Crippen LogP contribution is 2.27. The summed E-state index contributed by atoms with van der Waals surface area (Å²) in [5.74, 6) is -1.95. The Morgan fingerprint density at radius 2 is 1.64 bits per heavy atom. The number of amides is 4. The predicted octanol–water partition coefficient (Wildman–Crippen LogP) is 1.53. The van der Waals surface area contributed by atoms with Crippen LogP contribution in [0.15, 0.2) is 60.7 Å². The topological polar surface area (TPSA) is 114 Å². The first kappa shape index (κ1) is 25.2. The van der Waals surface area contributed by atoms with E-state index in [1.54, 1.807) is 11.9 Å². The van der Waals surface area contributed by atoms with Crippen molar-refractivity contribution in [1.29, 1.82) is 0 Å². The van der Waals surface area contributed by atoms with Crippen LogP contribution in [-0.2, 0) is 27.3 Å². The number of piperazine rings is 1. The molecule has 2 aromatic carbocycles. The van der Waals surface area contributed by atoms with Gasteiger partial charge in [-0.3, -0.25) is 14.4 Å². The summed E-state index contributed by atoms with van der Waals surface area (Å²) in [5.41, 5.74) is 2.06. The highest BCUT2D eigenvalue weighted by atomic mass is 16.4. The van der Waals surface area contributed by atoms with Gasteiger partial charge in [-0.1, -0.05) is 60.7 Å². The Morgan fingerprint density at radius 1 is 1.00 bits per heavy atom. The summed E-state index contributed by atoms with van der Waals surface area (Å²) in [6, 6.07) is 17.7. The second-order valence-corrected chi connectivity index (χ2v) is 9.07. The normalized spacial score (nSPS) is 20.3. The average molecular weight is 494 g/mol. The quantitative estimate of drug-likeness (QED) is 0.577. The molecule has 0 spiro atoms. The van der Waals surface area contributed by atoms with Crippen LogP contribution >= 0.6 is 0 Å². The zero-order valence-corrected chi connectivity index (χ0v) is 20.2. The van der Waals surface area contributed by atoms with Gasteiger partial charge in [0.25, 0.3) is 0 Å². The van der Waals surface area contributed by atoms with E-state index in [1.807, 2.05) is 60.7 Å². The summed E-state index contributed by atoms with van der Waals surface area (Å²) in [6.07, 6.45) is 0.111. The van der Waals surface area contributed by atoms with Gasteiger partial charge in [0.2, 0.25) is 11.8 Å². The first-order valence-corrected chi connectivity index (χ1v) is 12.0. The fourth-order valence-electron chi connectivity index (χ4n) is 4.85. The smallest absolute Gasteiger partial charge is 0.334 e. The van der Waals surface area contributed by atoms with E-state index >= 15 is 0 Å². The molecule has 10 nitrogen and oxygen atoms in total. The third kappa shape index (κ3) is 5.65. The van der Waals surface area contributed by atoms with Crippen molar-refractivity contribution in [3.8, 4) is 0 Å². The summed E-state index contributed by atoms with van der Waals surface area (Å²) in [7, 11) is 1.64. The number of urea groups is 1. The number of rotatable bonds is 8. The van der Waals surface area contributed by atoms with Crippen molar-refractivity contribution in [2.24, 2.45) is 0 Å². The molecule has 0 radical (unpaired) electrons. The number of fused-ring (bicyclic) bond motifs is 1. The minimum absolute atomic E-state index is 0.110. The second-order valence-electron chi connectivity index (χ2n) is 9.07. The Hall–Kier alpha value is -3.92. The Morgan fingerprint density at radius 3 is 2.28 bits per heavy atom. The van der Waals surface area contributed by atoms with Crippen LogP contribution in [0.25, 0.3) is 0 Å². The lowest BCUT2D eigenvalue weighted by Gasteiger charge is -2.54. The van der Waals surface area contributed by atoms with E-state index in [1.165, 1.54) is 14.9 Å². The van der Waals surface area contributed by atoms with E-state index in [9.17, 15) is 24.3 Å². The molecule has 0 unspecified atom stereocenters. The van der Waals surface area contributed by atoms with Gasteiger partial charge in [-0.2, -0.15) is 0 Å². The molecular formula is C26H31N5O5. The van der Waals surface area contributed by atoms with Crippen molar-refractivity contribution in [2.45, 2.75) is 38.0 Å². The van der Waals surface area contributed by atoms with Gasteiger partial charge in [0.1, 0.15) is 12.2 Å². The standard InChI is InChI=1S/C26H31N5O5/c1-28-18-23(32)30-21(15-24(33)34)25(35)29(14-8-13-19-9-4-2-5-10-19)17-22(30)31(28)26(36)27-16-20-11-6-3-7-12-20/h2-7,9-12,21-22H,8,13-18H2,1H3,(H,27,36)(H,33,34)/t21-,22-/m0/s1. The molecule has 2 N–H and O–H groups in total. The summed E-state index contributed by atoms with van der Waals surface area (Å²) in [6.45, 7) is 0.666. The van der Waals surface area contributed by atoms with Crippen LogP contribution in [-0.4, -0.2) is 87.6 Å². The third-order valence-corrected chi connectivity index (χ3v) is 6.54. The van der Waals surface area contributed by atoms with Crippen LogP contribution in [0.1, 0.15) is 24.0 Å². The molecule has 2 aromatic rings. The Balaban J connectivity index is 1.53. The molecule has 2 fully saturated rings. The van der Waals surface area contributed by atoms with E-state index in [-0.39, 0.29) is 19.0 Å². The highest BCUT2D eigenvalue weighted by molar-refractivity contribution is 5.93. The Kier molecular flexibility index (Phi) is 7.84. The minimum Gasteiger partial charge on any atom is -0.481 e. The second kappa shape index (κ2) is 11.2. The van der Waals surface area contributed by atoms with E-state index in [0.29, 0.717) is 19.5 Å². The summed E-state index contributed by atoms with van der Waals surface area (Å²) in [4.78, 5) is 54.1. The van der Waals surface area contributed by atoms with E-state index in [2.05, 4.69) is 5.32 Å². The molecule has 4 amide bonds. The lowest BCUT2D eigenvalue weighted by Crippen LogP contribution is -2.76. The van der Waals surface area contributed by atoms with Crippen molar-refractivity contribution in [2.75, 3.05) is 26.7 Å². The molecule has 2 atom stereocenters. The molecule has 2 saturated heterocycles. The van der Waals surface area contributed by atoms with Gasteiger partial charge in [-0.25, -0.2) is 14.8 Å². The number of carbonyl (C=O) groups is 4. The molecular weight excluding hydrogens is 462 g/mol. The molecule has 0 aliphatic carbocycles. The maximum absolute atomic E-state index is 13.3. The SMILES string of the molecule is CN1CC(=O)N2[C@@H](CC(=O)O)C(=O)N(CCCc3ccccc3)C[C@@H]2N1C(=O)NCc1ccccc1. The molecule has 4 rings (SSSR count). The largest absolute Gasteiger partial charge is 0.481 e. The Bertz CT molecular complexity index is 1100. The number of carboxylic acid groups (broad SMARTS) is 1. The molecule has 2 heterocycles. The first-order chi connectivity index (χ1) is 17.3. The first-order valence-electron chi connectivity index (χ1n) is 12.0. The van der Waals surface area contributed by atoms with Crippen molar-refractivity contribution >= 4 is 23.8 Å². The molecule has 36 heavy (non-hydrogen) atoms. The van der Waals surface area contributed by atoms with Gasteiger partial charge < -0.3 is 20.2 Å². The van der Waals surface area contributed by atoms with Crippen LogP contribution in [0, 0.1) is 0 Å². The van der Waals surface area contributed by atoms with Gasteiger partial charge in [0, 0.05) is 20.1 Å². The van der Waals surface area contributed by atoms with E-state index in [4.69, 9.17) is 0 Å². The van der Waals surface area contributed by atoms with Crippen molar-refractivity contribution in [3.63, 3.8) is 0 Å². The van der Waals surface area contributed by atoms with Crippen LogP contribution in [0.5, 0.6) is 0 Å². The molecule has 10 heteroatoms. The fraction of sp³-hybridized carbons (Fsp3) is 0.385. The third-order valence-electron chi connectivity index (χ3n) is 6.54. The van der Waals surface area contributed by atoms with E-state index < -0.39 is 36.5 Å². The van der Waals surface area contributed by atoms with Gasteiger partial charge in [0.05, 0.1) is 19.5 Å². The predicted molar refractivity (Wildman–Crippen MR) is 131 cm³/mol. The molecule has 190 valence electrons. The average Bonchev–Trinajstić information content (AvgIpc) is 2.86. The molecule has 2 aliphatic heterocycles. The zero-order chi connectivity index (χ0) is 25.7. The number of hydrazine groups is 1. The fourth-order valence-corrected chi connectivity index (χ4v) is 4.85. The number of likely N-dealkylation sites (N-methyl/N-ethyl adjacent to an activating group) is 1. The maximum atomic E-state index is 13.3. The van der Waals surface area contributed by atoms with Crippen molar-refractivity contribution in [1.82, 2.24) is 25.1 Å². The van der Waals surface area contributed by atoms with Crippen LogP contribution in [0.2, 0.25) is 0 Å². The molecule has 2 aliphatic rings.